The molecule has 0 spiro atoms. The van der Waals surface area contributed by atoms with E-state index in [-0.39, 0.29) is 17.9 Å². The molecule has 1 saturated heterocycles. The lowest BCUT2D eigenvalue weighted by atomic mass is 10.0. The molecule has 1 aliphatic rings. The van der Waals surface area contributed by atoms with Crippen LogP contribution in [0.3, 0.4) is 0 Å². The summed E-state index contributed by atoms with van der Waals surface area (Å²) < 4.78 is 0.984. The van der Waals surface area contributed by atoms with Crippen molar-refractivity contribution in [2.75, 3.05) is 18.0 Å². The molecule has 5 heteroatoms. The van der Waals surface area contributed by atoms with Gasteiger partial charge in [-0.1, -0.05) is 13.8 Å². The second-order valence-electron chi connectivity index (χ2n) is 5.28. The van der Waals surface area contributed by atoms with Crippen molar-refractivity contribution >= 4 is 27.7 Å². The van der Waals surface area contributed by atoms with Gasteiger partial charge in [0.15, 0.2) is 0 Å². The van der Waals surface area contributed by atoms with Crippen LogP contribution in [-0.2, 0) is 4.79 Å². The third-order valence-electron chi connectivity index (χ3n) is 3.33. The Balaban J connectivity index is 1.97. The van der Waals surface area contributed by atoms with E-state index in [1.807, 2.05) is 32.2 Å². The molecule has 19 heavy (non-hydrogen) atoms. The lowest BCUT2D eigenvalue weighted by Gasteiger charge is -2.34. The average molecular weight is 326 g/mol. The SMILES string of the molecule is CC(C)C(=O)NC1CCCN(c2ccc(Br)cn2)C1. The zero-order chi connectivity index (χ0) is 13.8. The molecule has 1 aliphatic heterocycles. The van der Waals surface area contributed by atoms with Gasteiger partial charge in [-0.05, 0) is 40.9 Å². The molecular weight excluding hydrogens is 306 g/mol. The lowest BCUT2D eigenvalue weighted by molar-refractivity contribution is -0.124. The third kappa shape index (κ3) is 3.93. The zero-order valence-corrected chi connectivity index (χ0v) is 13.0. The van der Waals surface area contributed by atoms with Crippen LogP contribution in [-0.4, -0.2) is 30.0 Å². The molecule has 0 bridgehead atoms. The van der Waals surface area contributed by atoms with Gasteiger partial charge in [-0.15, -0.1) is 0 Å². The van der Waals surface area contributed by atoms with Gasteiger partial charge >= 0.3 is 0 Å². The Hall–Kier alpha value is -1.10. The van der Waals surface area contributed by atoms with Crippen molar-refractivity contribution in [3.63, 3.8) is 0 Å². The molecule has 1 unspecified atom stereocenters. The number of hydrogen-bond acceptors (Lipinski definition) is 3. The van der Waals surface area contributed by atoms with Crippen LogP contribution in [0.2, 0.25) is 0 Å². The number of halogens is 1. The van der Waals surface area contributed by atoms with E-state index in [2.05, 4.69) is 31.1 Å². The summed E-state index contributed by atoms with van der Waals surface area (Å²) in [6, 6.07) is 4.24. The number of aromatic nitrogens is 1. The van der Waals surface area contributed by atoms with E-state index >= 15 is 0 Å². The molecule has 1 atom stereocenters. The number of nitrogens with one attached hydrogen (secondary N) is 1. The molecule has 0 radical (unpaired) electrons. The first-order valence-electron chi connectivity index (χ1n) is 6.73. The fraction of sp³-hybridized carbons (Fsp3) is 0.571. The van der Waals surface area contributed by atoms with Gasteiger partial charge in [-0.25, -0.2) is 4.98 Å². The summed E-state index contributed by atoms with van der Waals surface area (Å²) in [4.78, 5) is 18.4. The van der Waals surface area contributed by atoms with Crippen molar-refractivity contribution in [2.24, 2.45) is 5.92 Å². The van der Waals surface area contributed by atoms with Crippen LogP contribution in [0, 0.1) is 5.92 Å². The number of pyridine rings is 1. The molecule has 1 amide bonds. The Bertz CT molecular complexity index is 433. The van der Waals surface area contributed by atoms with Crippen LogP contribution < -0.4 is 10.2 Å². The topological polar surface area (TPSA) is 45.2 Å². The minimum absolute atomic E-state index is 0.0428. The normalized spacial score (nSPS) is 19.6. The van der Waals surface area contributed by atoms with Crippen molar-refractivity contribution in [3.8, 4) is 0 Å². The van der Waals surface area contributed by atoms with Crippen molar-refractivity contribution < 1.29 is 4.79 Å². The van der Waals surface area contributed by atoms with Crippen LogP contribution in [0.1, 0.15) is 26.7 Å². The van der Waals surface area contributed by atoms with Crippen LogP contribution in [0.25, 0.3) is 0 Å². The number of hydrogen-bond donors (Lipinski definition) is 1. The standard InChI is InChI=1S/C14H20BrN3O/c1-10(2)14(19)17-12-4-3-7-18(9-12)13-6-5-11(15)8-16-13/h5-6,8,10,12H,3-4,7,9H2,1-2H3,(H,17,19). The van der Waals surface area contributed by atoms with Crippen molar-refractivity contribution in [3.05, 3.63) is 22.8 Å². The molecule has 4 nitrogen and oxygen atoms in total. The first-order valence-corrected chi connectivity index (χ1v) is 7.52. The number of carbonyl (C=O) groups excluding carboxylic acids is 1. The summed E-state index contributed by atoms with van der Waals surface area (Å²) in [5.74, 6) is 1.16. The predicted octanol–water partition coefficient (Wildman–Crippen LogP) is 2.59. The predicted molar refractivity (Wildman–Crippen MR) is 80.2 cm³/mol. The number of piperidine rings is 1. The van der Waals surface area contributed by atoms with Crippen LogP contribution in [0.4, 0.5) is 5.82 Å². The fourth-order valence-corrected chi connectivity index (χ4v) is 2.46. The summed E-state index contributed by atoms with van der Waals surface area (Å²) >= 11 is 3.39. The summed E-state index contributed by atoms with van der Waals surface area (Å²) in [6.45, 7) is 5.69. The first kappa shape index (κ1) is 14.3. The number of carbonyl (C=O) groups is 1. The maximum Gasteiger partial charge on any atom is 0.222 e. The number of nitrogens with zero attached hydrogens (tertiary/aromatic N) is 2. The maximum absolute atomic E-state index is 11.7. The fourth-order valence-electron chi connectivity index (χ4n) is 2.23. The van der Waals surface area contributed by atoms with Gasteiger partial charge in [0.05, 0.1) is 0 Å². The zero-order valence-electron chi connectivity index (χ0n) is 11.4. The van der Waals surface area contributed by atoms with E-state index in [9.17, 15) is 4.79 Å². The van der Waals surface area contributed by atoms with Crippen LogP contribution >= 0.6 is 15.9 Å². The molecular formula is C14H20BrN3O. The molecule has 0 aromatic carbocycles. The van der Waals surface area contributed by atoms with E-state index in [1.54, 1.807) is 0 Å². The van der Waals surface area contributed by atoms with Gasteiger partial charge < -0.3 is 10.2 Å². The second-order valence-corrected chi connectivity index (χ2v) is 6.20. The quantitative estimate of drug-likeness (QED) is 0.929. The number of rotatable bonds is 3. The number of amides is 1. The van der Waals surface area contributed by atoms with Gasteiger partial charge in [0.25, 0.3) is 0 Å². The molecule has 1 N–H and O–H groups in total. The summed E-state index contributed by atoms with van der Waals surface area (Å²) in [6.07, 6.45) is 3.94. The smallest absolute Gasteiger partial charge is 0.222 e. The molecule has 2 heterocycles. The Morgan fingerprint density at radius 3 is 2.95 bits per heavy atom. The highest BCUT2D eigenvalue weighted by Gasteiger charge is 2.22. The monoisotopic (exact) mass is 325 g/mol. The van der Waals surface area contributed by atoms with Crippen LogP contribution in [0.5, 0.6) is 0 Å². The molecule has 1 fully saturated rings. The Kier molecular flexibility index (Phi) is 4.80. The largest absolute Gasteiger partial charge is 0.355 e. The average Bonchev–Trinajstić information content (AvgIpc) is 2.39. The van der Waals surface area contributed by atoms with Crippen molar-refractivity contribution in [1.29, 1.82) is 0 Å². The van der Waals surface area contributed by atoms with Gasteiger partial charge in [0.1, 0.15) is 5.82 Å². The van der Waals surface area contributed by atoms with E-state index < -0.39 is 0 Å². The number of anilines is 1. The van der Waals surface area contributed by atoms with Gasteiger partial charge in [-0.2, -0.15) is 0 Å². The van der Waals surface area contributed by atoms with E-state index in [1.165, 1.54) is 0 Å². The van der Waals surface area contributed by atoms with E-state index in [0.29, 0.717) is 0 Å². The minimum Gasteiger partial charge on any atom is -0.355 e. The van der Waals surface area contributed by atoms with E-state index in [4.69, 9.17) is 0 Å². The molecule has 1 aromatic heterocycles. The lowest BCUT2D eigenvalue weighted by Crippen LogP contribution is -2.49. The highest BCUT2D eigenvalue weighted by atomic mass is 79.9. The van der Waals surface area contributed by atoms with Gasteiger partial charge in [0, 0.05) is 35.7 Å². The Morgan fingerprint density at radius 1 is 1.53 bits per heavy atom. The Labute approximate surface area is 122 Å². The van der Waals surface area contributed by atoms with Crippen molar-refractivity contribution in [2.45, 2.75) is 32.7 Å². The highest BCUT2D eigenvalue weighted by Crippen LogP contribution is 2.19. The second kappa shape index (κ2) is 6.37. The van der Waals surface area contributed by atoms with Crippen LogP contribution in [0.15, 0.2) is 22.8 Å². The summed E-state index contributed by atoms with van der Waals surface area (Å²) in [5, 5.41) is 3.11. The highest BCUT2D eigenvalue weighted by molar-refractivity contribution is 9.10. The Morgan fingerprint density at radius 2 is 2.32 bits per heavy atom. The summed E-state index contributed by atoms with van der Waals surface area (Å²) in [5.41, 5.74) is 0. The molecule has 0 saturated carbocycles. The minimum atomic E-state index is 0.0428. The van der Waals surface area contributed by atoms with Gasteiger partial charge in [0.2, 0.25) is 5.91 Å². The molecule has 104 valence electrons. The summed E-state index contributed by atoms with van der Waals surface area (Å²) in [7, 11) is 0. The van der Waals surface area contributed by atoms with Gasteiger partial charge in [-0.3, -0.25) is 4.79 Å². The maximum atomic E-state index is 11.7. The molecule has 1 aromatic rings. The van der Waals surface area contributed by atoms with Crippen molar-refractivity contribution in [1.82, 2.24) is 10.3 Å². The van der Waals surface area contributed by atoms with E-state index in [0.717, 1.165) is 36.2 Å². The molecule has 0 aliphatic carbocycles. The first-order chi connectivity index (χ1) is 9.06. The third-order valence-corrected chi connectivity index (χ3v) is 3.80. The molecule has 2 rings (SSSR count).